The van der Waals surface area contributed by atoms with Crippen molar-refractivity contribution < 1.29 is 0 Å². The van der Waals surface area contributed by atoms with Crippen LogP contribution in [0, 0.1) is 6.92 Å². The molecule has 1 aliphatic heterocycles. The molecule has 3 heteroatoms. The van der Waals surface area contributed by atoms with Crippen molar-refractivity contribution in [1.29, 1.82) is 0 Å². The van der Waals surface area contributed by atoms with Gasteiger partial charge in [0, 0.05) is 23.6 Å². The van der Waals surface area contributed by atoms with Gasteiger partial charge in [-0.05, 0) is 47.6 Å². The average molecular weight is 255 g/mol. The quantitative estimate of drug-likeness (QED) is 0.871. The first-order valence-electron chi connectivity index (χ1n) is 4.89. The Morgan fingerprint density at radius 2 is 2.14 bits per heavy atom. The zero-order chi connectivity index (χ0) is 10.1. The van der Waals surface area contributed by atoms with Gasteiger partial charge >= 0.3 is 0 Å². The molecule has 14 heavy (non-hydrogen) atoms. The summed E-state index contributed by atoms with van der Waals surface area (Å²) in [4.78, 5) is 2.38. The predicted octanol–water partition coefficient (Wildman–Crippen LogP) is 2.17. The van der Waals surface area contributed by atoms with Crippen LogP contribution >= 0.6 is 15.9 Å². The van der Waals surface area contributed by atoms with E-state index in [1.807, 2.05) is 7.05 Å². The first-order valence-corrected chi connectivity index (χ1v) is 5.68. The van der Waals surface area contributed by atoms with Crippen molar-refractivity contribution in [2.45, 2.75) is 13.0 Å². The number of anilines is 1. The van der Waals surface area contributed by atoms with E-state index in [0.29, 0.717) is 6.04 Å². The maximum absolute atomic E-state index is 3.60. The van der Waals surface area contributed by atoms with Crippen LogP contribution in [0.25, 0.3) is 0 Å². The third kappa shape index (κ3) is 1.79. The van der Waals surface area contributed by atoms with E-state index in [1.165, 1.54) is 15.7 Å². The van der Waals surface area contributed by atoms with E-state index in [9.17, 15) is 0 Å². The van der Waals surface area contributed by atoms with Crippen molar-refractivity contribution in [2.24, 2.45) is 0 Å². The first-order chi connectivity index (χ1) is 6.70. The fourth-order valence-electron chi connectivity index (χ4n) is 1.73. The number of rotatable bonds is 2. The Morgan fingerprint density at radius 3 is 2.71 bits per heavy atom. The highest BCUT2D eigenvalue weighted by molar-refractivity contribution is 9.10. The van der Waals surface area contributed by atoms with E-state index >= 15 is 0 Å². The molecule has 0 amide bonds. The molecule has 0 aliphatic carbocycles. The largest absolute Gasteiger partial charge is 0.367 e. The topological polar surface area (TPSA) is 15.3 Å². The third-order valence-electron chi connectivity index (χ3n) is 2.73. The van der Waals surface area contributed by atoms with Gasteiger partial charge in [-0.2, -0.15) is 0 Å². The Kier molecular flexibility index (Phi) is 2.79. The van der Waals surface area contributed by atoms with Crippen LogP contribution in [-0.4, -0.2) is 26.2 Å². The van der Waals surface area contributed by atoms with Crippen LogP contribution in [0.4, 0.5) is 5.69 Å². The van der Waals surface area contributed by atoms with Gasteiger partial charge in [-0.1, -0.05) is 6.07 Å². The lowest BCUT2D eigenvalue weighted by Crippen LogP contribution is -2.57. The monoisotopic (exact) mass is 254 g/mol. The van der Waals surface area contributed by atoms with E-state index in [4.69, 9.17) is 0 Å². The zero-order valence-corrected chi connectivity index (χ0v) is 10.1. The van der Waals surface area contributed by atoms with Crippen LogP contribution in [0.1, 0.15) is 5.56 Å². The van der Waals surface area contributed by atoms with Crippen molar-refractivity contribution in [1.82, 2.24) is 5.32 Å². The number of halogens is 1. The van der Waals surface area contributed by atoms with Gasteiger partial charge in [-0.3, -0.25) is 0 Å². The molecule has 1 aromatic carbocycles. The Labute approximate surface area is 93.4 Å². The Hall–Kier alpha value is -0.540. The molecule has 0 aromatic heterocycles. The van der Waals surface area contributed by atoms with Gasteiger partial charge in [0.05, 0.1) is 5.69 Å². The zero-order valence-electron chi connectivity index (χ0n) is 8.55. The van der Waals surface area contributed by atoms with E-state index in [0.717, 1.165) is 13.1 Å². The number of nitrogens with one attached hydrogen (secondary N) is 1. The van der Waals surface area contributed by atoms with Gasteiger partial charge in [-0.15, -0.1) is 0 Å². The molecule has 1 N–H and O–H groups in total. The molecule has 1 heterocycles. The summed E-state index contributed by atoms with van der Waals surface area (Å²) in [5.41, 5.74) is 2.61. The summed E-state index contributed by atoms with van der Waals surface area (Å²) < 4.78 is 1.20. The second kappa shape index (κ2) is 3.91. The minimum atomic E-state index is 0.656. The number of aryl methyl sites for hydroxylation is 1. The van der Waals surface area contributed by atoms with Gasteiger partial charge in [0.2, 0.25) is 0 Å². The van der Waals surface area contributed by atoms with Crippen LogP contribution in [0.3, 0.4) is 0 Å². The average Bonchev–Trinajstić information content (AvgIpc) is 2.06. The molecule has 1 aromatic rings. The first kappa shape index (κ1) is 9.99. The summed E-state index contributed by atoms with van der Waals surface area (Å²) in [5.74, 6) is 0. The minimum absolute atomic E-state index is 0.656. The smallest absolute Gasteiger partial charge is 0.0511 e. The second-order valence-corrected chi connectivity index (χ2v) is 4.70. The fourth-order valence-corrected chi connectivity index (χ4v) is 2.47. The summed E-state index contributed by atoms with van der Waals surface area (Å²) in [6, 6.07) is 7.17. The molecule has 2 nitrogen and oxygen atoms in total. The molecule has 0 saturated carbocycles. The maximum Gasteiger partial charge on any atom is 0.0511 e. The van der Waals surface area contributed by atoms with Crippen molar-refractivity contribution in [3.63, 3.8) is 0 Å². The van der Waals surface area contributed by atoms with Gasteiger partial charge < -0.3 is 10.2 Å². The minimum Gasteiger partial charge on any atom is -0.367 e. The van der Waals surface area contributed by atoms with Crippen LogP contribution in [0.15, 0.2) is 22.7 Å². The lowest BCUT2D eigenvalue weighted by Gasteiger charge is -2.41. The predicted molar refractivity (Wildman–Crippen MR) is 63.9 cm³/mol. The van der Waals surface area contributed by atoms with E-state index in [1.54, 1.807) is 0 Å². The van der Waals surface area contributed by atoms with Crippen molar-refractivity contribution in [3.05, 3.63) is 28.2 Å². The molecule has 0 spiro atoms. The number of benzene rings is 1. The molecular weight excluding hydrogens is 240 g/mol. The highest BCUT2D eigenvalue weighted by Gasteiger charge is 2.26. The standard InChI is InChI=1S/C11H15BrN2/c1-8-3-4-11(10(12)5-8)14-6-9(7-14)13-2/h3-5,9,13H,6-7H2,1-2H3. The summed E-state index contributed by atoms with van der Waals surface area (Å²) in [5, 5.41) is 3.28. The molecule has 0 radical (unpaired) electrons. The van der Waals surface area contributed by atoms with Crippen LogP contribution in [-0.2, 0) is 0 Å². The van der Waals surface area contributed by atoms with Crippen LogP contribution in [0.5, 0.6) is 0 Å². The summed E-state index contributed by atoms with van der Waals surface area (Å²) in [6.45, 7) is 4.33. The molecular formula is C11H15BrN2. The molecule has 1 fully saturated rings. The van der Waals surface area contributed by atoms with Crippen LogP contribution < -0.4 is 10.2 Å². The number of likely N-dealkylation sites (N-methyl/N-ethyl adjacent to an activating group) is 1. The lowest BCUT2D eigenvalue weighted by atomic mass is 10.1. The Bertz CT molecular complexity index is 332. The lowest BCUT2D eigenvalue weighted by molar-refractivity contribution is 0.450. The number of hydrogen-bond donors (Lipinski definition) is 1. The van der Waals surface area contributed by atoms with Crippen molar-refractivity contribution in [2.75, 3.05) is 25.0 Å². The number of nitrogens with zero attached hydrogens (tertiary/aromatic N) is 1. The molecule has 2 rings (SSSR count). The molecule has 0 atom stereocenters. The van der Waals surface area contributed by atoms with Gasteiger partial charge in [0.15, 0.2) is 0 Å². The SMILES string of the molecule is CNC1CN(c2ccc(C)cc2Br)C1. The summed E-state index contributed by atoms with van der Waals surface area (Å²) in [7, 11) is 2.02. The van der Waals surface area contributed by atoms with Crippen LogP contribution in [0.2, 0.25) is 0 Å². The van der Waals surface area contributed by atoms with Gasteiger partial charge in [0.1, 0.15) is 0 Å². The molecule has 0 bridgehead atoms. The highest BCUT2D eigenvalue weighted by atomic mass is 79.9. The second-order valence-electron chi connectivity index (χ2n) is 3.85. The van der Waals surface area contributed by atoms with Crippen molar-refractivity contribution >= 4 is 21.6 Å². The highest BCUT2D eigenvalue weighted by Crippen LogP contribution is 2.30. The van der Waals surface area contributed by atoms with E-state index < -0.39 is 0 Å². The fraction of sp³-hybridized carbons (Fsp3) is 0.455. The summed E-state index contributed by atoms with van der Waals surface area (Å²) in [6.07, 6.45) is 0. The van der Waals surface area contributed by atoms with Gasteiger partial charge in [0.25, 0.3) is 0 Å². The molecule has 1 aliphatic rings. The third-order valence-corrected chi connectivity index (χ3v) is 3.37. The number of hydrogen-bond acceptors (Lipinski definition) is 2. The maximum atomic E-state index is 3.60. The van der Waals surface area contributed by atoms with E-state index in [2.05, 4.69) is 51.3 Å². The summed E-state index contributed by atoms with van der Waals surface area (Å²) >= 11 is 3.60. The molecule has 1 saturated heterocycles. The molecule has 76 valence electrons. The van der Waals surface area contributed by atoms with E-state index in [-0.39, 0.29) is 0 Å². The normalized spacial score (nSPS) is 16.9. The Morgan fingerprint density at radius 1 is 1.43 bits per heavy atom. The molecule has 0 unspecified atom stereocenters. The van der Waals surface area contributed by atoms with Gasteiger partial charge in [-0.25, -0.2) is 0 Å². The Balaban J connectivity index is 2.11. The van der Waals surface area contributed by atoms with Crippen molar-refractivity contribution in [3.8, 4) is 0 Å².